The third kappa shape index (κ3) is 4.22. The minimum atomic E-state index is 0.0690. The largest absolute Gasteiger partial charge is 0.479 e. The number of nitrogens with zero attached hydrogens (tertiary/aromatic N) is 1. The normalized spacial score (nSPS) is 9.80. The van der Waals surface area contributed by atoms with Crippen molar-refractivity contribution in [1.29, 1.82) is 5.26 Å². The lowest BCUT2D eigenvalue weighted by molar-refractivity contribution is 0.368. The minimum Gasteiger partial charge on any atom is -0.479 e. The predicted molar refractivity (Wildman–Crippen MR) is 83.1 cm³/mol. The number of ether oxygens (including phenoxy) is 1. The Morgan fingerprint density at radius 2 is 2.00 bits per heavy atom. The molecule has 0 spiro atoms. The molecule has 0 heterocycles. The highest BCUT2D eigenvalue weighted by Gasteiger charge is 1.98. The fourth-order valence-electron chi connectivity index (χ4n) is 1.76. The van der Waals surface area contributed by atoms with Crippen LogP contribution >= 0.6 is 11.8 Å². The molecule has 0 unspecified atom stereocenters. The van der Waals surface area contributed by atoms with Crippen molar-refractivity contribution in [3.05, 3.63) is 54.1 Å². The monoisotopic (exact) mass is 284 g/mol. The van der Waals surface area contributed by atoms with E-state index in [1.165, 1.54) is 10.5 Å². The first kappa shape index (κ1) is 14.3. The summed E-state index contributed by atoms with van der Waals surface area (Å²) in [6, 6.07) is 18.1. The van der Waals surface area contributed by atoms with Gasteiger partial charge in [-0.05, 0) is 36.1 Å². The summed E-state index contributed by atoms with van der Waals surface area (Å²) in [6.45, 7) is 0.829. The summed E-state index contributed by atoms with van der Waals surface area (Å²) >= 11 is 1.74. The third-order valence-electron chi connectivity index (χ3n) is 2.79. The van der Waals surface area contributed by atoms with Crippen LogP contribution in [-0.4, -0.2) is 12.9 Å². The summed E-state index contributed by atoms with van der Waals surface area (Å²) in [7, 11) is 0. The molecule has 2 aromatic rings. The van der Waals surface area contributed by atoms with Crippen LogP contribution in [0.25, 0.3) is 0 Å². The average Bonchev–Trinajstić information content (AvgIpc) is 2.52. The Balaban J connectivity index is 1.94. The maximum absolute atomic E-state index is 8.50. The molecule has 0 aliphatic carbocycles. The zero-order chi connectivity index (χ0) is 14.2. The first-order valence-electron chi connectivity index (χ1n) is 6.28. The van der Waals surface area contributed by atoms with Crippen molar-refractivity contribution in [2.45, 2.75) is 11.4 Å². The van der Waals surface area contributed by atoms with E-state index in [9.17, 15) is 0 Å². The Hall–Kier alpha value is -2.12. The molecule has 0 aliphatic rings. The molecule has 2 rings (SSSR count). The summed E-state index contributed by atoms with van der Waals surface area (Å²) < 4.78 is 5.27. The van der Waals surface area contributed by atoms with E-state index in [0.717, 1.165) is 12.2 Å². The Morgan fingerprint density at radius 3 is 2.70 bits per heavy atom. The van der Waals surface area contributed by atoms with E-state index >= 15 is 0 Å². The molecule has 0 fully saturated rings. The molecule has 0 radical (unpaired) electrons. The summed E-state index contributed by atoms with van der Waals surface area (Å²) in [5.41, 5.74) is 2.21. The lowest BCUT2D eigenvalue weighted by Gasteiger charge is -2.09. The zero-order valence-electron chi connectivity index (χ0n) is 11.3. The van der Waals surface area contributed by atoms with Gasteiger partial charge in [-0.15, -0.1) is 11.8 Å². The lowest BCUT2D eigenvalue weighted by atomic mass is 10.2. The van der Waals surface area contributed by atoms with E-state index in [1.54, 1.807) is 11.8 Å². The van der Waals surface area contributed by atoms with E-state index < -0.39 is 0 Å². The van der Waals surface area contributed by atoms with Crippen LogP contribution in [-0.2, 0) is 6.54 Å². The zero-order valence-corrected chi connectivity index (χ0v) is 12.1. The molecule has 0 atom stereocenters. The number of benzene rings is 2. The molecule has 0 saturated carbocycles. The quantitative estimate of drug-likeness (QED) is 0.817. The van der Waals surface area contributed by atoms with Crippen LogP contribution in [0.3, 0.4) is 0 Å². The second kappa shape index (κ2) is 7.46. The maximum Gasteiger partial charge on any atom is 0.174 e. The second-order valence-corrected chi connectivity index (χ2v) is 5.06. The van der Waals surface area contributed by atoms with E-state index in [1.807, 2.05) is 30.3 Å². The Kier molecular flexibility index (Phi) is 5.33. The van der Waals surface area contributed by atoms with Gasteiger partial charge in [0.15, 0.2) is 6.61 Å². The molecule has 20 heavy (non-hydrogen) atoms. The first-order chi connectivity index (χ1) is 9.81. The lowest BCUT2D eigenvalue weighted by Crippen LogP contribution is -2.00. The average molecular weight is 284 g/mol. The van der Waals surface area contributed by atoms with Gasteiger partial charge in [-0.1, -0.05) is 18.2 Å². The molecule has 3 nitrogen and oxygen atoms in total. The fraction of sp³-hybridized carbons (Fsp3) is 0.188. The van der Waals surface area contributed by atoms with Crippen molar-refractivity contribution in [1.82, 2.24) is 0 Å². The first-order valence-corrected chi connectivity index (χ1v) is 7.51. The van der Waals surface area contributed by atoms with Crippen molar-refractivity contribution in [3.63, 3.8) is 0 Å². The maximum atomic E-state index is 8.50. The minimum absolute atomic E-state index is 0.0690. The molecule has 0 aliphatic heterocycles. The van der Waals surface area contributed by atoms with E-state index in [2.05, 4.69) is 35.8 Å². The van der Waals surface area contributed by atoms with E-state index in [0.29, 0.717) is 5.75 Å². The van der Waals surface area contributed by atoms with Crippen LogP contribution in [0.1, 0.15) is 5.56 Å². The van der Waals surface area contributed by atoms with Crippen molar-refractivity contribution >= 4 is 17.4 Å². The molecule has 0 amide bonds. The number of nitrogens with one attached hydrogen (secondary N) is 1. The van der Waals surface area contributed by atoms with E-state index in [4.69, 9.17) is 10.00 Å². The Morgan fingerprint density at radius 1 is 1.20 bits per heavy atom. The summed E-state index contributed by atoms with van der Waals surface area (Å²) in [6.07, 6.45) is 2.07. The van der Waals surface area contributed by atoms with Crippen molar-refractivity contribution in [2.24, 2.45) is 0 Å². The molecule has 4 heteroatoms. The van der Waals surface area contributed by atoms with Crippen LogP contribution < -0.4 is 10.1 Å². The van der Waals surface area contributed by atoms with Gasteiger partial charge in [0.2, 0.25) is 0 Å². The smallest absolute Gasteiger partial charge is 0.174 e. The van der Waals surface area contributed by atoms with Crippen molar-refractivity contribution in [3.8, 4) is 11.8 Å². The number of rotatable bonds is 6. The second-order valence-electron chi connectivity index (χ2n) is 4.18. The standard InChI is InChI=1S/C16H16N2OS/c1-20-16-7-5-13(6-8-16)12-18-14-3-2-4-15(11-14)19-10-9-17/h2-8,11,18H,10,12H2,1H3. The number of nitriles is 1. The molecule has 1 N–H and O–H groups in total. The SMILES string of the molecule is CSc1ccc(CNc2cccc(OCC#N)c2)cc1. The molecular formula is C16H16N2OS. The molecule has 0 saturated heterocycles. The fourth-order valence-corrected chi connectivity index (χ4v) is 2.17. The highest BCUT2D eigenvalue weighted by Crippen LogP contribution is 2.19. The van der Waals surface area contributed by atoms with Gasteiger partial charge in [-0.25, -0.2) is 0 Å². The summed E-state index contributed by atoms with van der Waals surface area (Å²) in [4.78, 5) is 1.26. The Labute approximate surface area is 123 Å². The highest BCUT2D eigenvalue weighted by molar-refractivity contribution is 7.98. The van der Waals surface area contributed by atoms with Gasteiger partial charge in [0.1, 0.15) is 11.8 Å². The Bertz CT molecular complexity index is 590. The van der Waals surface area contributed by atoms with Gasteiger partial charge in [0.05, 0.1) is 0 Å². The molecular weight excluding hydrogens is 268 g/mol. The van der Waals surface area contributed by atoms with Gasteiger partial charge in [0.25, 0.3) is 0 Å². The van der Waals surface area contributed by atoms with Crippen LogP contribution in [0.5, 0.6) is 5.75 Å². The van der Waals surface area contributed by atoms with Gasteiger partial charge < -0.3 is 10.1 Å². The summed E-state index contributed by atoms with van der Waals surface area (Å²) in [5, 5.41) is 11.8. The van der Waals surface area contributed by atoms with Crippen LogP contribution in [0, 0.1) is 11.3 Å². The van der Waals surface area contributed by atoms with Gasteiger partial charge in [-0.2, -0.15) is 5.26 Å². The van der Waals surface area contributed by atoms with Gasteiger partial charge in [-0.3, -0.25) is 0 Å². The van der Waals surface area contributed by atoms with Gasteiger partial charge in [0, 0.05) is 23.2 Å². The number of thioether (sulfide) groups is 1. The number of anilines is 1. The number of hydrogen-bond donors (Lipinski definition) is 1. The van der Waals surface area contributed by atoms with Crippen LogP contribution in [0.15, 0.2) is 53.4 Å². The number of hydrogen-bond acceptors (Lipinski definition) is 4. The molecule has 102 valence electrons. The van der Waals surface area contributed by atoms with Crippen LogP contribution in [0.2, 0.25) is 0 Å². The predicted octanol–water partition coefficient (Wildman–Crippen LogP) is 3.92. The molecule has 2 aromatic carbocycles. The molecule has 0 bridgehead atoms. The highest BCUT2D eigenvalue weighted by atomic mass is 32.2. The third-order valence-corrected chi connectivity index (χ3v) is 3.54. The van der Waals surface area contributed by atoms with Gasteiger partial charge >= 0.3 is 0 Å². The van der Waals surface area contributed by atoms with Crippen molar-refractivity contribution in [2.75, 3.05) is 18.2 Å². The summed E-state index contributed by atoms with van der Waals surface area (Å²) in [5.74, 6) is 0.703. The van der Waals surface area contributed by atoms with E-state index in [-0.39, 0.29) is 6.61 Å². The van der Waals surface area contributed by atoms with Crippen LogP contribution in [0.4, 0.5) is 5.69 Å². The van der Waals surface area contributed by atoms with Crippen molar-refractivity contribution < 1.29 is 4.74 Å². The topological polar surface area (TPSA) is 45.0 Å². The molecule has 0 aromatic heterocycles.